The van der Waals surface area contributed by atoms with Gasteiger partial charge in [0.1, 0.15) is 0 Å². The molecular weight excluding hydrogens is 264 g/mol. The molecule has 1 fully saturated rings. The first-order valence-electron chi connectivity index (χ1n) is 8.01. The van der Waals surface area contributed by atoms with E-state index < -0.39 is 0 Å². The summed E-state index contributed by atoms with van der Waals surface area (Å²) in [6, 6.07) is 6.40. The van der Waals surface area contributed by atoms with Gasteiger partial charge in [-0.2, -0.15) is 0 Å². The van der Waals surface area contributed by atoms with Gasteiger partial charge in [0.25, 0.3) is 0 Å². The largest absolute Gasteiger partial charge is 0.393 e. The minimum absolute atomic E-state index is 0.114. The van der Waals surface area contributed by atoms with Gasteiger partial charge in [-0.1, -0.05) is 18.2 Å². The van der Waals surface area contributed by atoms with Crippen molar-refractivity contribution in [2.75, 3.05) is 6.54 Å². The molecule has 114 valence electrons. The summed E-state index contributed by atoms with van der Waals surface area (Å²) in [6.45, 7) is 1.24. The highest BCUT2D eigenvalue weighted by Gasteiger charge is 2.22. The summed E-state index contributed by atoms with van der Waals surface area (Å²) in [6.07, 6.45) is 6.11. The van der Waals surface area contributed by atoms with E-state index in [1.54, 1.807) is 0 Å². The van der Waals surface area contributed by atoms with Crippen LogP contribution in [0.1, 0.15) is 42.4 Å². The SMILES string of the molecule is O=C(NCc1ccc2c(c1)CCC2)NCC1CCC(O)C1. The van der Waals surface area contributed by atoms with Crippen LogP contribution in [0.15, 0.2) is 18.2 Å². The van der Waals surface area contributed by atoms with Crippen molar-refractivity contribution in [3.63, 3.8) is 0 Å². The van der Waals surface area contributed by atoms with Crippen LogP contribution in [0.25, 0.3) is 0 Å². The van der Waals surface area contributed by atoms with E-state index in [1.165, 1.54) is 36.0 Å². The van der Waals surface area contributed by atoms with Gasteiger partial charge in [-0.3, -0.25) is 0 Å². The monoisotopic (exact) mass is 288 g/mol. The number of hydrogen-bond acceptors (Lipinski definition) is 2. The maximum atomic E-state index is 11.8. The maximum absolute atomic E-state index is 11.8. The molecule has 21 heavy (non-hydrogen) atoms. The van der Waals surface area contributed by atoms with Gasteiger partial charge < -0.3 is 15.7 Å². The topological polar surface area (TPSA) is 61.4 Å². The molecule has 2 aliphatic carbocycles. The Bertz CT molecular complexity index is 516. The summed E-state index contributed by atoms with van der Waals surface area (Å²) in [5.41, 5.74) is 4.07. The Morgan fingerprint density at radius 3 is 2.86 bits per heavy atom. The predicted octanol–water partition coefficient (Wildman–Crippen LogP) is 2.14. The average molecular weight is 288 g/mol. The standard InChI is InChI=1S/C17H24N2O2/c20-16-7-5-13(9-16)11-19-17(21)18-10-12-4-6-14-2-1-3-15(14)8-12/h4,6,8,13,16,20H,1-3,5,7,9-11H2,(H2,18,19,21). The molecule has 1 aromatic carbocycles. The van der Waals surface area contributed by atoms with Crippen molar-refractivity contribution in [3.8, 4) is 0 Å². The first-order valence-corrected chi connectivity index (χ1v) is 8.01. The third-order valence-corrected chi connectivity index (χ3v) is 4.68. The third-order valence-electron chi connectivity index (χ3n) is 4.68. The van der Waals surface area contributed by atoms with Crippen molar-refractivity contribution < 1.29 is 9.90 Å². The molecule has 1 aromatic rings. The molecule has 0 saturated heterocycles. The van der Waals surface area contributed by atoms with Crippen LogP contribution >= 0.6 is 0 Å². The van der Waals surface area contributed by atoms with Gasteiger partial charge >= 0.3 is 6.03 Å². The summed E-state index contributed by atoms with van der Waals surface area (Å²) in [5, 5.41) is 15.3. The normalized spacial score (nSPS) is 23.9. The third kappa shape index (κ3) is 3.76. The Balaban J connectivity index is 1.41. The van der Waals surface area contributed by atoms with E-state index in [4.69, 9.17) is 0 Å². The van der Waals surface area contributed by atoms with E-state index in [0.717, 1.165) is 19.3 Å². The molecule has 2 amide bonds. The molecule has 3 rings (SSSR count). The van der Waals surface area contributed by atoms with Crippen LogP contribution in [0.3, 0.4) is 0 Å². The summed E-state index contributed by atoms with van der Waals surface area (Å²) in [7, 11) is 0. The number of carbonyl (C=O) groups is 1. The van der Waals surface area contributed by atoms with Crippen LogP contribution in [0.5, 0.6) is 0 Å². The quantitative estimate of drug-likeness (QED) is 0.795. The lowest BCUT2D eigenvalue weighted by Crippen LogP contribution is -2.37. The second-order valence-electron chi connectivity index (χ2n) is 6.35. The van der Waals surface area contributed by atoms with Gasteiger partial charge in [-0.05, 0) is 61.1 Å². The maximum Gasteiger partial charge on any atom is 0.315 e. The first-order chi connectivity index (χ1) is 10.2. The highest BCUT2D eigenvalue weighted by molar-refractivity contribution is 5.73. The number of urea groups is 1. The van der Waals surface area contributed by atoms with E-state index in [-0.39, 0.29) is 12.1 Å². The Morgan fingerprint density at radius 1 is 1.19 bits per heavy atom. The molecule has 4 nitrogen and oxygen atoms in total. The van der Waals surface area contributed by atoms with Crippen LogP contribution < -0.4 is 10.6 Å². The zero-order valence-corrected chi connectivity index (χ0v) is 12.4. The second kappa shape index (κ2) is 6.48. The molecule has 1 saturated carbocycles. The van der Waals surface area contributed by atoms with E-state index in [2.05, 4.69) is 28.8 Å². The Hall–Kier alpha value is -1.55. The van der Waals surface area contributed by atoms with Crippen LogP contribution in [-0.4, -0.2) is 23.8 Å². The number of carbonyl (C=O) groups excluding carboxylic acids is 1. The summed E-state index contributed by atoms with van der Waals surface area (Å²) in [4.78, 5) is 11.8. The molecule has 3 N–H and O–H groups in total. The number of aliphatic hydroxyl groups excluding tert-OH is 1. The summed E-state index contributed by atoms with van der Waals surface area (Å²) < 4.78 is 0. The first kappa shape index (κ1) is 14.4. The molecule has 4 heteroatoms. The van der Waals surface area contributed by atoms with Gasteiger partial charge in [-0.25, -0.2) is 4.79 Å². The molecule has 2 unspecified atom stereocenters. The lowest BCUT2D eigenvalue weighted by atomic mass is 10.1. The Morgan fingerprint density at radius 2 is 2.05 bits per heavy atom. The summed E-state index contributed by atoms with van der Waals surface area (Å²) in [5.74, 6) is 0.422. The zero-order chi connectivity index (χ0) is 14.7. The number of aliphatic hydroxyl groups is 1. The van der Waals surface area contributed by atoms with Crippen molar-refractivity contribution in [1.82, 2.24) is 10.6 Å². The number of nitrogens with one attached hydrogen (secondary N) is 2. The molecule has 0 bridgehead atoms. The van der Waals surface area contributed by atoms with E-state index in [1.807, 2.05) is 0 Å². The number of benzene rings is 1. The smallest absolute Gasteiger partial charge is 0.315 e. The van der Waals surface area contributed by atoms with Crippen molar-refractivity contribution in [3.05, 3.63) is 34.9 Å². The Labute approximate surface area is 125 Å². The minimum Gasteiger partial charge on any atom is -0.393 e. The van der Waals surface area contributed by atoms with Gasteiger partial charge in [0.2, 0.25) is 0 Å². The van der Waals surface area contributed by atoms with Crippen molar-refractivity contribution in [2.24, 2.45) is 5.92 Å². The molecule has 0 aromatic heterocycles. The van der Waals surface area contributed by atoms with Gasteiger partial charge in [0, 0.05) is 13.1 Å². The van der Waals surface area contributed by atoms with E-state index in [0.29, 0.717) is 19.0 Å². The molecule has 2 atom stereocenters. The van der Waals surface area contributed by atoms with E-state index >= 15 is 0 Å². The molecule has 0 heterocycles. The number of hydrogen-bond donors (Lipinski definition) is 3. The van der Waals surface area contributed by atoms with Crippen LogP contribution in [0.4, 0.5) is 4.79 Å². The lowest BCUT2D eigenvalue weighted by molar-refractivity contribution is 0.177. The predicted molar refractivity (Wildman–Crippen MR) is 82.1 cm³/mol. The zero-order valence-electron chi connectivity index (χ0n) is 12.4. The van der Waals surface area contributed by atoms with Crippen LogP contribution in [0.2, 0.25) is 0 Å². The van der Waals surface area contributed by atoms with Crippen molar-refractivity contribution in [2.45, 2.75) is 51.2 Å². The number of fused-ring (bicyclic) bond motifs is 1. The molecule has 0 spiro atoms. The number of rotatable bonds is 4. The average Bonchev–Trinajstić information content (AvgIpc) is 3.10. The minimum atomic E-state index is -0.175. The number of aryl methyl sites for hydroxylation is 2. The van der Waals surface area contributed by atoms with E-state index in [9.17, 15) is 9.90 Å². The van der Waals surface area contributed by atoms with Crippen LogP contribution in [-0.2, 0) is 19.4 Å². The Kier molecular flexibility index (Phi) is 4.44. The molecular formula is C17H24N2O2. The van der Waals surface area contributed by atoms with Gasteiger partial charge in [0.15, 0.2) is 0 Å². The van der Waals surface area contributed by atoms with Crippen molar-refractivity contribution in [1.29, 1.82) is 0 Å². The second-order valence-corrected chi connectivity index (χ2v) is 6.35. The lowest BCUT2D eigenvalue weighted by Gasteiger charge is -2.12. The molecule has 0 radical (unpaired) electrons. The van der Waals surface area contributed by atoms with Gasteiger partial charge in [-0.15, -0.1) is 0 Å². The highest BCUT2D eigenvalue weighted by atomic mass is 16.3. The fraction of sp³-hybridized carbons (Fsp3) is 0.588. The van der Waals surface area contributed by atoms with Crippen LogP contribution in [0, 0.1) is 5.92 Å². The fourth-order valence-corrected chi connectivity index (χ4v) is 3.45. The fourth-order valence-electron chi connectivity index (χ4n) is 3.45. The molecule has 0 aliphatic heterocycles. The molecule has 2 aliphatic rings. The van der Waals surface area contributed by atoms with Crippen molar-refractivity contribution >= 4 is 6.03 Å². The highest BCUT2D eigenvalue weighted by Crippen LogP contribution is 2.24. The summed E-state index contributed by atoms with van der Waals surface area (Å²) >= 11 is 0. The number of amides is 2. The van der Waals surface area contributed by atoms with Gasteiger partial charge in [0.05, 0.1) is 6.10 Å².